The Balaban J connectivity index is 2.38. The lowest BCUT2D eigenvalue weighted by Gasteiger charge is -2.16. The van der Waals surface area contributed by atoms with Crippen LogP contribution in [0, 0.1) is 0 Å². The first-order valence-corrected chi connectivity index (χ1v) is 5.95. The van der Waals surface area contributed by atoms with Crippen molar-refractivity contribution in [3.05, 3.63) is 41.2 Å². The summed E-state index contributed by atoms with van der Waals surface area (Å²) in [6.45, 7) is -0.634. The van der Waals surface area contributed by atoms with E-state index in [0.29, 0.717) is 0 Å². The van der Waals surface area contributed by atoms with Crippen molar-refractivity contribution in [2.45, 2.75) is 6.43 Å². The summed E-state index contributed by atoms with van der Waals surface area (Å²) in [5.41, 5.74) is 0.0619. The van der Waals surface area contributed by atoms with E-state index in [2.05, 4.69) is 4.98 Å². The molecule has 100 valence electrons. The van der Waals surface area contributed by atoms with Gasteiger partial charge in [-0.15, -0.1) is 0 Å². The number of amides is 1. The average molecular weight is 285 g/mol. The normalized spacial score (nSPS) is 11.0. The van der Waals surface area contributed by atoms with Gasteiger partial charge in [0.2, 0.25) is 0 Å². The number of aromatic nitrogens is 1. The van der Waals surface area contributed by atoms with Gasteiger partial charge in [0, 0.05) is 12.4 Å². The molecule has 0 atom stereocenters. The second kappa shape index (κ2) is 5.48. The Kier molecular flexibility index (Phi) is 3.95. The summed E-state index contributed by atoms with van der Waals surface area (Å²) in [7, 11) is 1.30. The van der Waals surface area contributed by atoms with Crippen LogP contribution in [0.25, 0.3) is 10.8 Å². The molecular weight excluding hydrogens is 274 g/mol. The summed E-state index contributed by atoms with van der Waals surface area (Å²) < 4.78 is 24.5. The Morgan fingerprint density at radius 3 is 2.79 bits per heavy atom. The van der Waals surface area contributed by atoms with Gasteiger partial charge in [0.15, 0.2) is 0 Å². The Morgan fingerprint density at radius 2 is 2.11 bits per heavy atom. The summed E-state index contributed by atoms with van der Waals surface area (Å²) in [4.78, 5) is 16.8. The number of fused-ring (bicyclic) bond motifs is 1. The third kappa shape index (κ3) is 2.98. The van der Waals surface area contributed by atoms with Crippen LogP contribution in [0.15, 0.2) is 30.3 Å². The SMILES string of the molecule is CN(CC(F)F)C(=O)c1cc2ccccc2c(Cl)n1. The summed E-state index contributed by atoms with van der Waals surface area (Å²) in [5, 5.41) is 1.65. The quantitative estimate of drug-likeness (QED) is 0.811. The minimum Gasteiger partial charge on any atom is -0.335 e. The largest absolute Gasteiger partial charge is 0.335 e. The fraction of sp³-hybridized carbons (Fsp3) is 0.231. The van der Waals surface area contributed by atoms with Crippen molar-refractivity contribution < 1.29 is 13.6 Å². The molecule has 3 nitrogen and oxygen atoms in total. The maximum atomic E-state index is 12.3. The first kappa shape index (κ1) is 13.7. The van der Waals surface area contributed by atoms with E-state index in [-0.39, 0.29) is 10.8 Å². The van der Waals surface area contributed by atoms with Gasteiger partial charge >= 0.3 is 0 Å². The fourth-order valence-electron chi connectivity index (χ4n) is 1.75. The zero-order valence-electron chi connectivity index (χ0n) is 10.1. The minimum atomic E-state index is -2.58. The van der Waals surface area contributed by atoms with Crippen LogP contribution < -0.4 is 0 Å². The van der Waals surface area contributed by atoms with Crippen molar-refractivity contribution in [3.8, 4) is 0 Å². The van der Waals surface area contributed by atoms with Gasteiger partial charge in [0.25, 0.3) is 12.3 Å². The maximum absolute atomic E-state index is 12.3. The molecule has 0 aliphatic rings. The van der Waals surface area contributed by atoms with Gasteiger partial charge in [-0.1, -0.05) is 35.9 Å². The molecule has 0 saturated heterocycles. The third-order valence-electron chi connectivity index (χ3n) is 2.67. The highest BCUT2D eigenvalue weighted by atomic mass is 35.5. The van der Waals surface area contributed by atoms with Gasteiger partial charge < -0.3 is 4.90 Å². The van der Waals surface area contributed by atoms with Crippen molar-refractivity contribution in [1.29, 1.82) is 0 Å². The molecule has 0 radical (unpaired) electrons. The predicted molar refractivity (Wildman–Crippen MR) is 69.7 cm³/mol. The van der Waals surface area contributed by atoms with Crippen LogP contribution in [0.4, 0.5) is 8.78 Å². The van der Waals surface area contributed by atoms with E-state index in [1.807, 2.05) is 0 Å². The highest BCUT2D eigenvalue weighted by Gasteiger charge is 2.18. The van der Waals surface area contributed by atoms with Crippen molar-refractivity contribution in [2.75, 3.05) is 13.6 Å². The number of alkyl halides is 2. The first-order chi connectivity index (χ1) is 8.99. The molecule has 0 aliphatic carbocycles. The van der Waals surface area contributed by atoms with Crippen LogP contribution in [-0.4, -0.2) is 35.8 Å². The zero-order valence-corrected chi connectivity index (χ0v) is 10.9. The standard InChI is InChI=1S/C13H11ClF2N2O/c1-18(7-11(15)16)13(19)10-6-8-4-2-3-5-9(8)12(14)17-10/h2-6,11H,7H2,1H3. The van der Waals surface area contributed by atoms with Crippen LogP contribution in [0.3, 0.4) is 0 Å². The molecule has 0 saturated carbocycles. The van der Waals surface area contributed by atoms with E-state index in [1.54, 1.807) is 30.3 Å². The molecule has 1 amide bonds. The Labute approximate surface area is 113 Å². The fourth-order valence-corrected chi connectivity index (χ4v) is 2.01. The molecule has 1 aromatic heterocycles. The number of hydrogen-bond donors (Lipinski definition) is 0. The van der Waals surface area contributed by atoms with Crippen LogP contribution in [0.2, 0.25) is 5.15 Å². The highest BCUT2D eigenvalue weighted by Crippen LogP contribution is 2.22. The van der Waals surface area contributed by atoms with Crippen LogP contribution >= 0.6 is 11.6 Å². The van der Waals surface area contributed by atoms with E-state index in [4.69, 9.17) is 11.6 Å². The lowest BCUT2D eigenvalue weighted by atomic mass is 10.1. The molecular formula is C13H11ClF2N2O. The second-order valence-corrected chi connectivity index (χ2v) is 4.45. The van der Waals surface area contributed by atoms with Gasteiger partial charge in [-0.3, -0.25) is 4.79 Å². The molecule has 0 fully saturated rings. The summed E-state index contributed by atoms with van der Waals surface area (Å²) in [6.07, 6.45) is -2.58. The molecule has 6 heteroatoms. The van der Waals surface area contributed by atoms with Gasteiger partial charge in [-0.2, -0.15) is 0 Å². The Hall–Kier alpha value is -1.75. The van der Waals surface area contributed by atoms with Crippen molar-refractivity contribution in [3.63, 3.8) is 0 Å². The number of halogens is 3. The minimum absolute atomic E-state index is 0.0619. The topological polar surface area (TPSA) is 33.2 Å². The Morgan fingerprint density at radius 1 is 1.42 bits per heavy atom. The number of hydrogen-bond acceptors (Lipinski definition) is 2. The van der Waals surface area contributed by atoms with Gasteiger partial charge in [0.1, 0.15) is 10.8 Å². The molecule has 2 rings (SSSR count). The summed E-state index contributed by atoms with van der Waals surface area (Å²) in [6, 6.07) is 8.72. The van der Waals surface area contributed by atoms with Crippen LogP contribution in [0.1, 0.15) is 10.5 Å². The molecule has 0 N–H and O–H groups in total. The van der Waals surface area contributed by atoms with E-state index in [9.17, 15) is 13.6 Å². The highest BCUT2D eigenvalue weighted by molar-refractivity contribution is 6.34. The van der Waals surface area contributed by atoms with E-state index in [1.165, 1.54) is 7.05 Å². The summed E-state index contributed by atoms with van der Waals surface area (Å²) >= 11 is 5.99. The first-order valence-electron chi connectivity index (χ1n) is 5.58. The smallest absolute Gasteiger partial charge is 0.272 e. The van der Waals surface area contributed by atoms with Gasteiger partial charge in [-0.25, -0.2) is 13.8 Å². The van der Waals surface area contributed by atoms with Crippen molar-refractivity contribution >= 4 is 28.3 Å². The number of carbonyl (C=O) groups is 1. The van der Waals surface area contributed by atoms with E-state index < -0.39 is 18.9 Å². The van der Waals surface area contributed by atoms with Gasteiger partial charge in [-0.05, 0) is 11.5 Å². The molecule has 0 aliphatic heterocycles. The molecule has 1 aromatic carbocycles. The number of rotatable bonds is 3. The number of pyridine rings is 1. The van der Waals surface area contributed by atoms with Crippen LogP contribution in [-0.2, 0) is 0 Å². The predicted octanol–water partition coefficient (Wildman–Crippen LogP) is 3.23. The van der Waals surface area contributed by atoms with E-state index >= 15 is 0 Å². The maximum Gasteiger partial charge on any atom is 0.272 e. The molecule has 0 spiro atoms. The number of benzene rings is 1. The van der Waals surface area contributed by atoms with Crippen molar-refractivity contribution in [1.82, 2.24) is 9.88 Å². The molecule has 0 bridgehead atoms. The lowest BCUT2D eigenvalue weighted by molar-refractivity contribution is 0.0615. The van der Waals surface area contributed by atoms with E-state index in [0.717, 1.165) is 15.7 Å². The Bertz CT molecular complexity index is 619. The monoisotopic (exact) mass is 284 g/mol. The van der Waals surface area contributed by atoms with Crippen molar-refractivity contribution in [2.24, 2.45) is 0 Å². The lowest BCUT2D eigenvalue weighted by Crippen LogP contribution is -2.31. The summed E-state index contributed by atoms with van der Waals surface area (Å²) in [5.74, 6) is -0.576. The molecule has 19 heavy (non-hydrogen) atoms. The zero-order chi connectivity index (χ0) is 14.0. The molecule has 1 heterocycles. The third-order valence-corrected chi connectivity index (χ3v) is 2.96. The number of nitrogens with zero attached hydrogens (tertiary/aromatic N) is 2. The second-order valence-electron chi connectivity index (χ2n) is 4.10. The van der Waals surface area contributed by atoms with Crippen LogP contribution in [0.5, 0.6) is 0 Å². The molecule has 0 unspecified atom stereocenters. The molecule has 2 aromatic rings. The number of carbonyl (C=O) groups excluding carboxylic acids is 1. The average Bonchev–Trinajstić information content (AvgIpc) is 2.37. The van der Waals surface area contributed by atoms with Gasteiger partial charge in [0.05, 0.1) is 6.54 Å².